The maximum Gasteiger partial charge on any atom is 0.270 e. The van der Waals surface area contributed by atoms with Gasteiger partial charge in [-0.05, 0) is 13.0 Å². The van der Waals surface area contributed by atoms with Crippen molar-refractivity contribution in [3.63, 3.8) is 0 Å². The molecule has 3 N–H and O–H groups in total. The standard InChI is InChI=1S/C18H24N2O7/c1-8-16(2,3)14(24)18(27-8)6-11-17(26,15(18)25)5-9-12(22)19(4)10(7-21)13(23)20(9)11/h5,8,10-11,15,21,25-26H,6-7H2,1-4H3/t8-,10-,11-,15+,17+,18-/m1/s1. The summed E-state index contributed by atoms with van der Waals surface area (Å²) < 4.78 is 5.90. The molecule has 4 rings (SSSR count). The summed E-state index contributed by atoms with van der Waals surface area (Å²) in [5.41, 5.74) is -4.54. The third-order valence-electron chi connectivity index (χ3n) is 6.92. The number of ether oxygens (including phenoxy) is 1. The van der Waals surface area contributed by atoms with E-state index < -0.39 is 59.3 Å². The van der Waals surface area contributed by atoms with Gasteiger partial charge in [-0.2, -0.15) is 0 Å². The van der Waals surface area contributed by atoms with Crippen LogP contribution in [0.4, 0.5) is 0 Å². The molecular formula is C18H24N2O7. The molecule has 3 aliphatic heterocycles. The van der Waals surface area contributed by atoms with Crippen LogP contribution in [-0.2, 0) is 19.1 Å². The molecule has 0 unspecified atom stereocenters. The number of aliphatic hydroxyl groups is 3. The number of rotatable bonds is 1. The largest absolute Gasteiger partial charge is 0.394 e. The SMILES string of the molecule is C[C@H]1O[C@]2(C[C@H]3N4C(=O)[C@@H](CO)N(C)C(=O)C4=C[C@@]3(O)[C@@H]2O)C(=O)C1(C)C. The quantitative estimate of drug-likeness (QED) is 0.488. The van der Waals surface area contributed by atoms with E-state index in [1.54, 1.807) is 20.8 Å². The number of ketones is 1. The number of Topliss-reactive ketones (excluding diaryl/α,β-unsaturated/α-hetero) is 1. The van der Waals surface area contributed by atoms with Crippen LogP contribution in [0.2, 0.25) is 0 Å². The number of carbonyl (C=O) groups excluding carboxylic acids is 3. The summed E-state index contributed by atoms with van der Waals surface area (Å²) in [5, 5.41) is 31.7. The summed E-state index contributed by atoms with van der Waals surface area (Å²) in [6.45, 7) is 4.59. The summed E-state index contributed by atoms with van der Waals surface area (Å²) in [6.07, 6.45) is -1.07. The van der Waals surface area contributed by atoms with Crippen molar-refractivity contribution in [3.05, 3.63) is 11.8 Å². The van der Waals surface area contributed by atoms with Crippen LogP contribution in [0.25, 0.3) is 0 Å². The monoisotopic (exact) mass is 380 g/mol. The van der Waals surface area contributed by atoms with Crippen LogP contribution >= 0.6 is 0 Å². The maximum atomic E-state index is 13.1. The average molecular weight is 380 g/mol. The van der Waals surface area contributed by atoms with Gasteiger partial charge in [-0.3, -0.25) is 19.3 Å². The van der Waals surface area contributed by atoms with E-state index in [2.05, 4.69) is 0 Å². The molecule has 9 nitrogen and oxygen atoms in total. The van der Waals surface area contributed by atoms with Gasteiger partial charge in [0.25, 0.3) is 11.8 Å². The molecule has 27 heavy (non-hydrogen) atoms. The first-order chi connectivity index (χ1) is 12.4. The lowest BCUT2D eigenvalue weighted by molar-refractivity contribution is -0.157. The highest BCUT2D eigenvalue weighted by Crippen LogP contribution is 2.56. The number of carbonyl (C=O) groups is 3. The smallest absolute Gasteiger partial charge is 0.270 e. The second kappa shape index (κ2) is 5.16. The second-order valence-electron chi connectivity index (χ2n) is 8.56. The molecule has 1 spiro atoms. The van der Waals surface area contributed by atoms with Crippen molar-refractivity contribution in [2.24, 2.45) is 5.41 Å². The highest BCUT2D eigenvalue weighted by atomic mass is 16.5. The van der Waals surface area contributed by atoms with Crippen LogP contribution in [0.5, 0.6) is 0 Å². The molecule has 0 aromatic rings. The second-order valence-corrected chi connectivity index (χ2v) is 8.56. The predicted octanol–water partition coefficient (Wildman–Crippen LogP) is -1.84. The highest BCUT2D eigenvalue weighted by molar-refractivity contribution is 6.06. The Morgan fingerprint density at radius 2 is 1.93 bits per heavy atom. The lowest BCUT2D eigenvalue weighted by Gasteiger charge is -2.40. The van der Waals surface area contributed by atoms with Crippen molar-refractivity contribution in [3.8, 4) is 0 Å². The fraction of sp³-hybridized carbons (Fsp3) is 0.722. The Balaban J connectivity index is 1.81. The zero-order valence-corrected chi connectivity index (χ0v) is 15.7. The molecule has 4 aliphatic rings. The van der Waals surface area contributed by atoms with Gasteiger partial charge in [0.2, 0.25) is 0 Å². The summed E-state index contributed by atoms with van der Waals surface area (Å²) >= 11 is 0. The van der Waals surface area contributed by atoms with E-state index in [1.807, 2.05) is 0 Å². The third-order valence-corrected chi connectivity index (χ3v) is 6.92. The molecule has 9 heteroatoms. The number of piperazine rings is 1. The Kier molecular flexibility index (Phi) is 3.55. The fourth-order valence-corrected chi connectivity index (χ4v) is 4.91. The Hall–Kier alpha value is -1.81. The van der Waals surface area contributed by atoms with Gasteiger partial charge in [0.1, 0.15) is 23.4 Å². The fourth-order valence-electron chi connectivity index (χ4n) is 4.91. The van der Waals surface area contributed by atoms with E-state index >= 15 is 0 Å². The van der Waals surface area contributed by atoms with E-state index in [1.165, 1.54) is 7.05 Å². The molecule has 1 saturated carbocycles. The maximum absolute atomic E-state index is 13.1. The number of fused-ring (bicyclic) bond motifs is 3. The van der Waals surface area contributed by atoms with Gasteiger partial charge < -0.3 is 25.0 Å². The predicted molar refractivity (Wildman–Crippen MR) is 90.0 cm³/mol. The molecule has 0 bridgehead atoms. The van der Waals surface area contributed by atoms with E-state index in [-0.39, 0.29) is 17.9 Å². The lowest BCUT2D eigenvalue weighted by atomic mass is 9.77. The van der Waals surface area contributed by atoms with Gasteiger partial charge in [0.05, 0.1) is 24.2 Å². The number of likely N-dealkylation sites (N-methyl/N-ethyl adjacent to an activating group) is 1. The van der Waals surface area contributed by atoms with Crippen molar-refractivity contribution in [2.75, 3.05) is 13.7 Å². The van der Waals surface area contributed by atoms with Crippen LogP contribution in [-0.4, -0.2) is 91.9 Å². The van der Waals surface area contributed by atoms with Crippen LogP contribution < -0.4 is 0 Å². The van der Waals surface area contributed by atoms with Gasteiger partial charge in [0.15, 0.2) is 11.4 Å². The van der Waals surface area contributed by atoms with Crippen LogP contribution in [0.1, 0.15) is 27.2 Å². The number of amides is 2. The molecule has 2 saturated heterocycles. The Morgan fingerprint density at radius 3 is 2.44 bits per heavy atom. The Labute approximate surface area is 156 Å². The normalized spacial score (nSPS) is 45.6. The zero-order chi connectivity index (χ0) is 20.1. The van der Waals surface area contributed by atoms with E-state index in [0.29, 0.717) is 0 Å². The molecule has 6 atom stereocenters. The van der Waals surface area contributed by atoms with Crippen molar-refractivity contribution in [1.82, 2.24) is 9.80 Å². The molecule has 3 fully saturated rings. The molecule has 0 aromatic carbocycles. The van der Waals surface area contributed by atoms with Crippen molar-refractivity contribution in [2.45, 2.75) is 62.7 Å². The molecular weight excluding hydrogens is 356 g/mol. The van der Waals surface area contributed by atoms with Gasteiger partial charge in [-0.15, -0.1) is 0 Å². The first-order valence-corrected chi connectivity index (χ1v) is 9.00. The topological polar surface area (TPSA) is 128 Å². The van der Waals surface area contributed by atoms with E-state index in [9.17, 15) is 29.7 Å². The first-order valence-electron chi connectivity index (χ1n) is 9.00. The minimum Gasteiger partial charge on any atom is -0.394 e. The summed E-state index contributed by atoms with van der Waals surface area (Å²) in [4.78, 5) is 40.8. The third kappa shape index (κ3) is 1.90. The Morgan fingerprint density at radius 1 is 1.30 bits per heavy atom. The number of hydrogen-bond acceptors (Lipinski definition) is 7. The average Bonchev–Trinajstić information content (AvgIpc) is 3.08. The molecule has 3 heterocycles. The molecule has 1 aliphatic carbocycles. The number of hydrogen-bond donors (Lipinski definition) is 3. The summed E-state index contributed by atoms with van der Waals surface area (Å²) in [5.74, 6) is -1.43. The summed E-state index contributed by atoms with van der Waals surface area (Å²) in [7, 11) is 1.39. The number of nitrogens with zero attached hydrogens (tertiary/aromatic N) is 2. The van der Waals surface area contributed by atoms with E-state index in [0.717, 1.165) is 15.9 Å². The zero-order valence-electron chi connectivity index (χ0n) is 15.7. The molecule has 2 amide bonds. The number of aliphatic hydroxyl groups excluding tert-OH is 2. The van der Waals surface area contributed by atoms with Gasteiger partial charge in [-0.25, -0.2) is 0 Å². The van der Waals surface area contributed by atoms with Crippen molar-refractivity contribution in [1.29, 1.82) is 0 Å². The van der Waals surface area contributed by atoms with Gasteiger partial charge in [0, 0.05) is 13.5 Å². The summed E-state index contributed by atoms with van der Waals surface area (Å²) in [6, 6.07) is -2.10. The molecule has 148 valence electrons. The minimum atomic E-state index is -1.98. The lowest BCUT2D eigenvalue weighted by Crippen LogP contribution is -2.60. The van der Waals surface area contributed by atoms with Crippen LogP contribution in [0, 0.1) is 5.41 Å². The van der Waals surface area contributed by atoms with Crippen LogP contribution in [0.3, 0.4) is 0 Å². The molecule has 0 aromatic heterocycles. The van der Waals surface area contributed by atoms with Gasteiger partial charge >= 0.3 is 0 Å². The van der Waals surface area contributed by atoms with Gasteiger partial charge in [-0.1, -0.05) is 13.8 Å². The minimum absolute atomic E-state index is 0.0497. The highest BCUT2D eigenvalue weighted by Gasteiger charge is 2.75. The van der Waals surface area contributed by atoms with Crippen LogP contribution in [0.15, 0.2) is 11.8 Å². The Bertz CT molecular complexity index is 793. The molecule has 0 radical (unpaired) electrons. The van der Waals surface area contributed by atoms with Crippen molar-refractivity contribution < 1.29 is 34.4 Å². The van der Waals surface area contributed by atoms with E-state index in [4.69, 9.17) is 4.74 Å². The van der Waals surface area contributed by atoms with Crippen molar-refractivity contribution >= 4 is 17.6 Å². The first kappa shape index (κ1) is 18.5.